The van der Waals surface area contributed by atoms with Crippen molar-refractivity contribution in [3.63, 3.8) is 0 Å². The average molecular weight is 522 g/mol. The first-order valence-corrected chi connectivity index (χ1v) is 13.1. The Kier molecular flexibility index (Phi) is 10.2. The molecular formula is C32H34Cl2O2. The highest BCUT2D eigenvalue weighted by Gasteiger charge is 2.11. The predicted molar refractivity (Wildman–Crippen MR) is 154 cm³/mol. The van der Waals surface area contributed by atoms with Gasteiger partial charge in [0.15, 0.2) is 0 Å². The summed E-state index contributed by atoms with van der Waals surface area (Å²) < 4.78 is 0. The SMILES string of the molecule is Cc1c(CCl)cccc1-c1cccc(CCl)c1C.Cc1c(CO)cccc1-c1cccc(CO)c1C. The Balaban J connectivity index is 0.000000201. The van der Waals surface area contributed by atoms with Gasteiger partial charge in [-0.3, -0.25) is 0 Å². The molecule has 188 valence electrons. The van der Waals surface area contributed by atoms with Crippen LogP contribution in [-0.2, 0) is 25.0 Å². The standard InChI is InChI=1S/C16H16Cl2.C16H18O2/c2*1-11-13(9-17)5-3-7-15(11)16-8-4-6-14(10-18)12(16)2/h3-8H,9-10H2,1-2H3;3-8,17-18H,9-10H2,1-2H3. The molecule has 0 bridgehead atoms. The first-order chi connectivity index (χ1) is 17.4. The van der Waals surface area contributed by atoms with Crippen LogP contribution in [0.15, 0.2) is 72.8 Å². The fourth-order valence-corrected chi connectivity index (χ4v) is 5.11. The number of benzene rings is 4. The smallest absolute Gasteiger partial charge is 0.0684 e. The molecule has 0 aliphatic rings. The summed E-state index contributed by atoms with van der Waals surface area (Å²) in [5.41, 5.74) is 13.7. The number of halogens is 2. The van der Waals surface area contributed by atoms with Crippen LogP contribution in [-0.4, -0.2) is 10.2 Å². The largest absolute Gasteiger partial charge is 0.392 e. The third-order valence-electron chi connectivity index (χ3n) is 6.99. The molecule has 0 spiro atoms. The Hall–Kier alpha value is -2.62. The van der Waals surface area contributed by atoms with Gasteiger partial charge in [-0.15, -0.1) is 23.2 Å². The van der Waals surface area contributed by atoms with Gasteiger partial charge < -0.3 is 10.2 Å². The van der Waals surface area contributed by atoms with Crippen LogP contribution in [0.2, 0.25) is 0 Å². The lowest BCUT2D eigenvalue weighted by Gasteiger charge is -2.14. The Bertz CT molecular complexity index is 1120. The van der Waals surface area contributed by atoms with Crippen molar-refractivity contribution >= 4 is 23.2 Å². The van der Waals surface area contributed by atoms with Gasteiger partial charge >= 0.3 is 0 Å². The van der Waals surface area contributed by atoms with E-state index in [-0.39, 0.29) is 13.2 Å². The van der Waals surface area contributed by atoms with Gasteiger partial charge in [0.1, 0.15) is 0 Å². The van der Waals surface area contributed by atoms with E-state index in [0.717, 1.165) is 33.4 Å². The molecular weight excluding hydrogens is 487 g/mol. The van der Waals surface area contributed by atoms with E-state index in [2.05, 4.69) is 62.4 Å². The Morgan fingerprint density at radius 2 is 0.694 bits per heavy atom. The van der Waals surface area contributed by atoms with E-state index in [0.29, 0.717) is 11.8 Å². The molecule has 2 N–H and O–H groups in total. The lowest BCUT2D eigenvalue weighted by molar-refractivity contribution is 0.280. The molecule has 0 fully saturated rings. The highest BCUT2D eigenvalue weighted by atomic mass is 35.5. The van der Waals surface area contributed by atoms with Crippen molar-refractivity contribution in [3.8, 4) is 22.3 Å². The van der Waals surface area contributed by atoms with Gasteiger partial charge in [0.05, 0.1) is 13.2 Å². The Morgan fingerprint density at radius 3 is 0.944 bits per heavy atom. The van der Waals surface area contributed by atoms with Crippen molar-refractivity contribution in [1.29, 1.82) is 0 Å². The maximum Gasteiger partial charge on any atom is 0.0684 e. The topological polar surface area (TPSA) is 40.5 Å². The first-order valence-electron chi connectivity index (χ1n) is 12.1. The molecule has 4 heteroatoms. The second-order valence-corrected chi connectivity index (χ2v) is 9.48. The zero-order valence-electron chi connectivity index (χ0n) is 21.4. The van der Waals surface area contributed by atoms with Crippen LogP contribution in [0.3, 0.4) is 0 Å². The van der Waals surface area contributed by atoms with Crippen molar-refractivity contribution in [2.45, 2.75) is 52.7 Å². The van der Waals surface area contributed by atoms with Crippen molar-refractivity contribution in [2.24, 2.45) is 0 Å². The lowest BCUT2D eigenvalue weighted by Crippen LogP contribution is -1.96. The molecule has 0 heterocycles. The lowest BCUT2D eigenvalue weighted by atomic mass is 9.92. The third kappa shape index (κ3) is 6.02. The number of aliphatic hydroxyl groups excluding tert-OH is 2. The van der Waals surface area contributed by atoms with Crippen LogP contribution in [0, 0.1) is 27.7 Å². The number of alkyl halides is 2. The monoisotopic (exact) mass is 520 g/mol. The van der Waals surface area contributed by atoms with E-state index in [1.165, 1.54) is 33.4 Å². The van der Waals surface area contributed by atoms with Crippen LogP contribution in [0.4, 0.5) is 0 Å². The molecule has 0 aliphatic heterocycles. The molecule has 4 aromatic rings. The van der Waals surface area contributed by atoms with Crippen LogP contribution < -0.4 is 0 Å². The summed E-state index contributed by atoms with van der Waals surface area (Å²) in [6, 6.07) is 24.5. The maximum absolute atomic E-state index is 9.32. The second kappa shape index (κ2) is 13.1. The molecule has 4 aromatic carbocycles. The van der Waals surface area contributed by atoms with Crippen molar-refractivity contribution in [1.82, 2.24) is 0 Å². The number of hydrogen-bond donors (Lipinski definition) is 2. The maximum atomic E-state index is 9.32. The third-order valence-corrected chi connectivity index (χ3v) is 7.57. The molecule has 0 aliphatic carbocycles. The van der Waals surface area contributed by atoms with E-state index in [1.807, 2.05) is 38.1 Å². The van der Waals surface area contributed by atoms with Gasteiger partial charge in [0.25, 0.3) is 0 Å². The summed E-state index contributed by atoms with van der Waals surface area (Å²) in [5, 5.41) is 18.6. The summed E-state index contributed by atoms with van der Waals surface area (Å²) >= 11 is 11.9. The fourth-order valence-electron chi connectivity index (χ4n) is 4.53. The van der Waals surface area contributed by atoms with Gasteiger partial charge in [0, 0.05) is 11.8 Å². The van der Waals surface area contributed by atoms with Crippen molar-refractivity contribution in [2.75, 3.05) is 0 Å². The zero-order chi connectivity index (χ0) is 26.2. The molecule has 0 atom stereocenters. The summed E-state index contributed by atoms with van der Waals surface area (Å²) in [4.78, 5) is 0. The second-order valence-electron chi connectivity index (χ2n) is 8.94. The molecule has 0 unspecified atom stereocenters. The van der Waals surface area contributed by atoms with E-state index < -0.39 is 0 Å². The molecule has 0 radical (unpaired) electrons. The Labute approximate surface area is 225 Å². The first kappa shape index (κ1) is 28.0. The molecule has 0 saturated heterocycles. The summed E-state index contributed by atoms with van der Waals surface area (Å²) in [6.07, 6.45) is 0. The van der Waals surface area contributed by atoms with Gasteiger partial charge in [-0.05, 0) is 94.5 Å². The molecule has 0 aromatic heterocycles. The van der Waals surface area contributed by atoms with Gasteiger partial charge in [-0.1, -0.05) is 72.8 Å². The van der Waals surface area contributed by atoms with Crippen LogP contribution in [0.25, 0.3) is 22.3 Å². The van der Waals surface area contributed by atoms with Gasteiger partial charge in [-0.25, -0.2) is 0 Å². The molecule has 4 rings (SSSR count). The normalized spacial score (nSPS) is 10.7. The molecule has 0 amide bonds. The molecule has 2 nitrogen and oxygen atoms in total. The average Bonchev–Trinajstić information content (AvgIpc) is 2.90. The summed E-state index contributed by atoms with van der Waals surface area (Å²) in [6.45, 7) is 8.40. The summed E-state index contributed by atoms with van der Waals surface area (Å²) in [7, 11) is 0. The highest BCUT2D eigenvalue weighted by molar-refractivity contribution is 6.17. The predicted octanol–water partition coefficient (Wildman–Crippen LogP) is 8.40. The minimum atomic E-state index is 0.0540. The van der Waals surface area contributed by atoms with Crippen molar-refractivity contribution in [3.05, 3.63) is 117 Å². The zero-order valence-corrected chi connectivity index (χ0v) is 22.9. The summed E-state index contributed by atoms with van der Waals surface area (Å²) in [5.74, 6) is 1.10. The highest BCUT2D eigenvalue weighted by Crippen LogP contribution is 2.32. The van der Waals surface area contributed by atoms with E-state index in [9.17, 15) is 10.2 Å². The molecule has 0 saturated carbocycles. The van der Waals surface area contributed by atoms with Gasteiger partial charge in [0.2, 0.25) is 0 Å². The van der Waals surface area contributed by atoms with E-state index in [4.69, 9.17) is 23.2 Å². The Morgan fingerprint density at radius 1 is 0.444 bits per heavy atom. The fraction of sp³-hybridized carbons (Fsp3) is 0.250. The number of rotatable bonds is 6. The minimum absolute atomic E-state index is 0.0540. The van der Waals surface area contributed by atoms with Crippen LogP contribution in [0.1, 0.15) is 44.5 Å². The molecule has 36 heavy (non-hydrogen) atoms. The minimum Gasteiger partial charge on any atom is -0.392 e. The number of aliphatic hydroxyl groups is 2. The van der Waals surface area contributed by atoms with Crippen molar-refractivity contribution < 1.29 is 10.2 Å². The van der Waals surface area contributed by atoms with E-state index >= 15 is 0 Å². The van der Waals surface area contributed by atoms with Crippen LogP contribution >= 0.6 is 23.2 Å². The van der Waals surface area contributed by atoms with E-state index in [1.54, 1.807) is 0 Å². The number of hydrogen-bond acceptors (Lipinski definition) is 2. The van der Waals surface area contributed by atoms with Crippen LogP contribution in [0.5, 0.6) is 0 Å². The van der Waals surface area contributed by atoms with Gasteiger partial charge in [-0.2, -0.15) is 0 Å². The quantitative estimate of drug-likeness (QED) is 0.250.